The quantitative estimate of drug-likeness (QED) is 0.657. The molecule has 0 spiro atoms. The lowest BCUT2D eigenvalue weighted by atomic mass is 10.1. The maximum absolute atomic E-state index is 12.9. The summed E-state index contributed by atoms with van der Waals surface area (Å²) in [6, 6.07) is 13.3. The summed E-state index contributed by atoms with van der Waals surface area (Å²) in [6.45, 7) is 3.16. The number of nitrogens with zero attached hydrogens (tertiary/aromatic N) is 1. The zero-order chi connectivity index (χ0) is 20.4. The molecule has 2 amide bonds. The van der Waals surface area contributed by atoms with Gasteiger partial charge in [-0.1, -0.05) is 25.1 Å². The first kappa shape index (κ1) is 21.4. The van der Waals surface area contributed by atoms with Gasteiger partial charge in [0.2, 0.25) is 11.8 Å². The standard InChI is InChI=1S/C21H26FN3O3/c1-3-25(15-21(27)24-18-5-4-6-19(13-18)28-2)14-20(26)23-12-11-16-7-9-17(22)10-8-16/h4-10,13H,3,11-12,14-15H2,1-2H3,(H,23,26)(H,24,27). The van der Waals surface area contributed by atoms with Gasteiger partial charge in [0, 0.05) is 18.3 Å². The van der Waals surface area contributed by atoms with E-state index < -0.39 is 0 Å². The minimum absolute atomic E-state index is 0.110. The largest absolute Gasteiger partial charge is 0.497 e. The fourth-order valence-electron chi connectivity index (χ4n) is 2.64. The van der Waals surface area contributed by atoms with Gasteiger partial charge in [-0.25, -0.2) is 4.39 Å². The SMILES string of the molecule is CCN(CC(=O)NCCc1ccc(F)cc1)CC(=O)Nc1cccc(OC)c1. The summed E-state index contributed by atoms with van der Waals surface area (Å²) < 4.78 is 18.0. The molecule has 6 nitrogen and oxygen atoms in total. The fourth-order valence-corrected chi connectivity index (χ4v) is 2.64. The van der Waals surface area contributed by atoms with Crippen molar-refractivity contribution in [3.05, 3.63) is 59.9 Å². The third-order valence-electron chi connectivity index (χ3n) is 4.18. The summed E-state index contributed by atoms with van der Waals surface area (Å²) in [5.41, 5.74) is 1.59. The lowest BCUT2D eigenvalue weighted by Gasteiger charge is -2.19. The van der Waals surface area contributed by atoms with Crippen LogP contribution in [0.3, 0.4) is 0 Å². The Bertz CT molecular complexity index is 781. The Morgan fingerprint density at radius 1 is 1.07 bits per heavy atom. The number of carbonyl (C=O) groups excluding carboxylic acids is 2. The van der Waals surface area contributed by atoms with Crippen LogP contribution in [-0.4, -0.2) is 50.0 Å². The van der Waals surface area contributed by atoms with Gasteiger partial charge in [0.15, 0.2) is 0 Å². The van der Waals surface area contributed by atoms with E-state index in [0.29, 0.717) is 30.9 Å². The van der Waals surface area contributed by atoms with Crippen LogP contribution < -0.4 is 15.4 Å². The molecule has 7 heteroatoms. The molecule has 28 heavy (non-hydrogen) atoms. The van der Waals surface area contributed by atoms with Gasteiger partial charge >= 0.3 is 0 Å². The Kier molecular flexibility index (Phi) is 8.42. The zero-order valence-corrected chi connectivity index (χ0v) is 16.2. The van der Waals surface area contributed by atoms with Gasteiger partial charge in [-0.3, -0.25) is 14.5 Å². The van der Waals surface area contributed by atoms with E-state index in [-0.39, 0.29) is 30.7 Å². The van der Waals surface area contributed by atoms with Crippen molar-refractivity contribution in [2.45, 2.75) is 13.3 Å². The van der Waals surface area contributed by atoms with Gasteiger partial charge in [-0.2, -0.15) is 0 Å². The van der Waals surface area contributed by atoms with E-state index in [4.69, 9.17) is 4.74 Å². The highest BCUT2D eigenvalue weighted by Crippen LogP contribution is 2.16. The number of halogens is 1. The smallest absolute Gasteiger partial charge is 0.238 e. The van der Waals surface area contributed by atoms with Crippen LogP contribution in [0.25, 0.3) is 0 Å². The monoisotopic (exact) mass is 387 g/mol. The van der Waals surface area contributed by atoms with E-state index in [1.54, 1.807) is 48.4 Å². The Balaban J connectivity index is 1.74. The van der Waals surface area contributed by atoms with Crippen molar-refractivity contribution in [1.82, 2.24) is 10.2 Å². The van der Waals surface area contributed by atoms with E-state index in [0.717, 1.165) is 5.56 Å². The summed E-state index contributed by atoms with van der Waals surface area (Å²) in [5.74, 6) is 0.0247. The number of amides is 2. The van der Waals surface area contributed by atoms with Crippen molar-refractivity contribution in [1.29, 1.82) is 0 Å². The second-order valence-electron chi connectivity index (χ2n) is 6.31. The summed E-state index contributed by atoms with van der Waals surface area (Å²) in [5, 5.41) is 5.63. The van der Waals surface area contributed by atoms with E-state index in [1.165, 1.54) is 12.1 Å². The van der Waals surface area contributed by atoms with Crippen molar-refractivity contribution in [3.8, 4) is 5.75 Å². The summed E-state index contributed by atoms with van der Waals surface area (Å²) in [7, 11) is 1.56. The lowest BCUT2D eigenvalue weighted by Crippen LogP contribution is -2.41. The first-order valence-corrected chi connectivity index (χ1v) is 9.17. The number of hydrogen-bond donors (Lipinski definition) is 2. The Morgan fingerprint density at radius 3 is 2.46 bits per heavy atom. The van der Waals surface area contributed by atoms with Crippen LogP contribution in [-0.2, 0) is 16.0 Å². The van der Waals surface area contributed by atoms with Crippen LogP contribution in [0.2, 0.25) is 0 Å². The predicted octanol–water partition coefficient (Wildman–Crippen LogP) is 2.45. The molecule has 0 aliphatic heterocycles. The van der Waals surface area contributed by atoms with Gasteiger partial charge in [-0.15, -0.1) is 0 Å². The van der Waals surface area contributed by atoms with Crippen LogP contribution in [0.15, 0.2) is 48.5 Å². The molecule has 2 rings (SSSR count). The molecule has 0 unspecified atom stereocenters. The Hall–Kier alpha value is -2.93. The minimum Gasteiger partial charge on any atom is -0.497 e. The first-order valence-electron chi connectivity index (χ1n) is 9.17. The highest BCUT2D eigenvalue weighted by atomic mass is 19.1. The maximum atomic E-state index is 12.9. The van der Waals surface area contributed by atoms with Crippen LogP contribution in [0, 0.1) is 5.82 Å². The number of rotatable bonds is 10. The average Bonchev–Trinajstić information content (AvgIpc) is 2.69. The van der Waals surface area contributed by atoms with E-state index in [1.807, 2.05) is 6.92 Å². The average molecular weight is 387 g/mol. The molecule has 0 aliphatic rings. The number of ether oxygens (including phenoxy) is 1. The number of methoxy groups -OCH3 is 1. The number of hydrogen-bond acceptors (Lipinski definition) is 4. The molecule has 2 aromatic rings. The molecule has 0 heterocycles. The van der Waals surface area contributed by atoms with Crippen molar-refractivity contribution < 1.29 is 18.7 Å². The van der Waals surface area contributed by atoms with Gasteiger partial charge in [0.05, 0.1) is 20.2 Å². The number of carbonyl (C=O) groups is 2. The molecule has 2 aromatic carbocycles. The van der Waals surface area contributed by atoms with Crippen LogP contribution in [0.4, 0.5) is 10.1 Å². The molecule has 0 fully saturated rings. The van der Waals surface area contributed by atoms with E-state index in [2.05, 4.69) is 10.6 Å². The summed E-state index contributed by atoms with van der Waals surface area (Å²) >= 11 is 0. The molecular formula is C21H26FN3O3. The predicted molar refractivity (Wildman–Crippen MR) is 107 cm³/mol. The molecule has 0 aromatic heterocycles. The van der Waals surface area contributed by atoms with Gasteiger partial charge in [-0.05, 0) is 42.8 Å². The highest BCUT2D eigenvalue weighted by Gasteiger charge is 2.13. The van der Waals surface area contributed by atoms with Crippen LogP contribution in [0.1, 0.15) is 12.5 Å². The molecule has 0 radical (unpaired) electrons. The summed E-state index contributed by atoms with van der Waals surface area (Å²) in [6.07, 6.45) is 0.620. The van der Waals surface area contributed by atoms with E-state index >= 15 is 0 Å². The number of anilines is 1. The Labute approximate surface area is 164 Å². The van der Waals surface area contributed by atoms with Crippen LogP contribution >= 0.6 is 0 Å². The molecule has 0 saturated heterocycles. The molecule has 150 valence electrons. The van der Waals surface area contributed by atoms with Crippen molar-refractivity contribution in [3.63, 3.8) is 0 Å². The number of nitrogens with one attached hydrogen (secondary N) is 2. The zero-order valence-electron chi connectivity index (χ0n) is 16.2. The fraction of sp³-hybridized carbons (Fsp3) is 0.333. The number of likely N-dealkylation sites (N-methyl/N-ethyl adjacent to an activating group) is 1. The minimum atomic E-state index is -0.279. The topological polar surface area (TPSA) is 70.7 Å². The molecule has 0 bridgehead atoms. The molecule has 0 aliphatic carbocycles. The molecular weight excluding hydrogens is 361 g/mol. The van der Waals surface area contributed by atoms with Crippen molar-refractivity contribution in [2.24, 2.45) is 0 Å². The normalized spacial score (nSPS) is 10.6. The second-order valence-corrected chi connectivity index (χ2v) is 6.31. The van der Waals surface area contributed by atoms with Crippen LogP contribution in [0.5, 0.6) is 5.75 Å². The molecule has 0 saturated carbocycles. The van der Waals surface area contributed by atoms with Gasteiger partial charge in [0.1, 0.15) is 11.6 Å². The second kappa shape index (κ2) is 11.0. The third kappa shape index (κ3) is 7.36. The summed E-state index contributed by atoms with van der Waals surface area (Å²) in [4.78, 5) is 26.1. The van der Waals surface area contributed by atoms with E-state index in [9.17, 15) is 14.0 Å². The van der Waals surface area contributed by atoms with Crippen molar-refractivity contribution in [2.75, 3.05) is 38.6 Å². The molecule has 2 N–H and O–H groups in total. The third-order valence-corrected chi connectivity index (χ3v) is 4.18. The van der Waals surface area contributed by atoms with Crippen molar-refractivity contribution >= 4 is 17.5 Å². The lowest BCUT2D eigenvalue weighted by molar-refractivity contribution is -0.123. The van der Waals surface area contributed by atoms with Gasteiger partial charge in [0.25, 0.3) is 0 Å². The van der Waals surface area contributed by atoms with Gasteiger partial charge < -0.3 is 15.4 Å². The maximum Gasteiger partial charge on any atom is 0.238 e. The first-order chi connectivity index (χ1) is 13.5. The Morgan fingerprint density at radius 2 is 1.79 bits per heavy atom. The number of benzene rings is 2. The molecule has 0 atom stereocenters. The highest BCUT2D eigenvalue weighted by molar-refractivity contribution is 5.92.